The first-order valence-electron chi connectivity index (χ1n) is 9.26. The third-order valence-electron chi connectivity index (χ3n) is 4.29. The molecule has 0 saturated heterocycles. The Hall–Kier alpha value is -3.08. The molecule has 11 heteroatoms. The van der Waals surface area contributed by atoms with Gasteiger partial charge in [0.15, 0.2) is 0 Å². The Morgan fingerprint density at radius 1 is 0.781 bits per heavy atom. The Balaban J connectivity index is 1.88. The average Bonchev–Trinajstić information content (AvgIpc) is 2.70. The summed E-state index contributed by atoms with van der Waals surface area (Å²) in [6.07, 6.45) is 0. The maximum atomic E-state index is 12.9. The van der Waals surface area contributed by atoms with Crippen molar-refractivity contribution in [3.8, 4) is 0 Å². The van der Waals surface area contributed by atoms with Gasteiger partial charge in [-0.25, -0.2) is 16.8 Å². The molecule has 3 aromatic carbocycles. The predicted octanol–water partition coefficient (Wildman–Crippen LogP) is 4.21. The summed E-state index contributed by atoms with van der Waals surface area (Å²) in [5, 5.41) is 3.00. The van der Waals surface area contributed by atoms with Crippen molar-refractivity contribution in [2.24, 2.45) is 0 Å². The van der Waals surface area contributed by atoms with Gasteiger partial charge in [-0.3, -0.25) is 14.2 Å². The Morgan fingerprint density at radius 3 is 2.06 bits per heavy atom. The van der Waals surface area contributed by atoms with Crippen LogP contribution in [0, 0.1) is 6.92 Å². The molecule has 0 aliphatic rings. The molecule has 0 atom stereocenters. The molecule has 32 heavy (non-hydrogen) atoms. The number of anilines is 3. The lowest BCUT2D eigenvalue weighted by atomic mass is 10.2. The third-order valence-corrected chi connectivity index (χ3v) is 7.45. The second-order valence-electron chi connectivity index (χ2n) is 6.91. The highest BCUT2D eigenvalue weighted by molar-refractivity contribution is 7.93. The molecule has 0 spiro atoms. The number of benzene rings is 3. The van der Waals surface area contributed by atoms with Gasteiger partial charge in [0, 0.05) is 23.3 Å². The smallest absolute Gasteiger partial charge is 0.262 e. The summed E-state index contributed by atoms with van der Waals surface area (Å²) in [5.41, 5.74) is 1.16. The Kier molecular flexibility index (Phi) is 6.77. The highest BCUT2D eigenvalue weighted by Crippen LogP contribution is 2.25. The molecule has 1 amide bonds. The van der Waals surface area contributed by atoms with Gasteiger partial charge in [0.25, 0.3) is 20.0 Å². The largest absolute Gasteiger partial charge is 0.326 e. The fourth-order valence-corrected chi connectivity index (χ4v) is 5.39. The molecule has 0 fully saturated rings. The van der Waals surface area contributed by atoms with Gasteiger partial charge in [0.05, 0.1) is 15.5 Å². The van der Waals surface area contributed by atoms with Crippen LogP contribution in [0.5, 0.6) is 0 Å². The van der Waals surface area contributed by atoms with Gasteiger partial charge < -0.3 is 5.32 Å². The number of amides is 1. The Labute approximate surface area is 191 Å². The van der Waals surface area contributed by atoms with Crippen molar-refractivity contribution in [3.05, 3.63) is 77.3 Å². The first-order chi connectivity index (χ1) is 15.0. The highest BCUT2D eigenvalue weighted by atomic mass is 35.5. The van der Waals surface area contributed by atoms with Crippen LogP contribution >= 0.6 is 11.6 Å². The van der Waals surface area contributed by atoms with Gasteiger partial charge in [-0.05, 0) is 67.1 Å². The number of nitrogens with one attached hydrogen (secondary N) is 3. The molecule has 3 N–H and O–H groups in total. The van der Waals surface area contributed by atoms with Crippen LogP contribution < -0.4 is 14.8 Å². The van der Waals surface area contributed by atoms with Crippen LogP contribution in [0.1, 0.15) is 12.5 Å². The van der Waals surface area contributed by atoms with E-state index in [9.17, 15) is 21.6 Å². The maximum Gasteiger partial charge on any atom is 0.262 e. The molecular formula is C21H20ClN3O5S2. The summed E-state index contributed by atoms with van der Waals surface area (Å²) >= 11 is 5.82. The molecular weight excluding hydrogens is 474 g/mol. The van der Waals surface area contributed by atoms with E-state index >= 15 is 0 Å². The summed E-state index contributed by atoms with van der Waals surface area (Å²) in [7, 11) is -8.03. The van der Waals surface area contributed by atoms with E-state index in [1.807, 2.05) is 0 Å². The molecule has 0 radical (unpaired) electrons. The third kappa shape index (κ3) is 5.78. The lowest BCUT2D eigenvalue weighted by Crippen LogP contribution is -2.16. The van der Waals surface area contributed by atoms with E-state index in [2.05, 4.69) is 14.8 Å². The molecule has 0 aliphatic heterocycles. The number of rotatable bonds is 7. The van der Waals surface area contributed by atoms with Crippen molar-refractivity contribution in [2.75, 3.05) is 14.8 Å². The zero-order chi connectivity index (χ0) is 23.5. The minimum atomic E-state index is -4.06. The van der Waals surface area contributed by atoms with Crippen molar-refractivity contribution in [1.29, 1.82) is 0 Å². The van der Waals surface area contributed by atoms with Gasteiger partial charge in [0.2, 0.25) is 5.91 Å². The molecule has 0 bridgehead atoms. The second-order valence-corrected chi connectivity index (χ2v) is 10.7. The molecule has 0 aromatic heterocycles. The second kappa shape index (κ2) is 9.19. The first-order valence-corrected chi connectivity index (χ1v) is 12.6. The summed E-state index contributed by atoms with van der Waals surface area (Å²) in [5.74, 6) is -0.337. The number of carbonyl (C=O) groups excluding carboxylic acids is 1. The van der Waals surface area contributed by atoms with E-state index < -0.39 is 20.0 Å². The topological polar surface area (TPSA) is 121 Å². The predicted molar refractivity (Wildman–Crippen MR) is 125 cm³/mol. The zero-order valence-corrected chi connectivity index (χ0v) is 19.5. The van der Waals surface area contributed by atoms with Crippen LogP contribution in [0.15, 0.2) is 76.5 Å². The summed E-state index contributed by atoms with van der Waals surface area (Å²) in [6.45, 7) is 2.93. The van der Waals surface area contributed by atoms with Gasteiger partial charge in [0.1, 0.15) is 0 Å². The number of sulfonamides is 2. The van der Waals surface area contributed by atoms with Crippen LogP contribution in [-0.2, 0) is 24.8 Å². The molecule has 8 nitrogen and oxygen atoms in total. The number of aryl methyl sites for hydroxylation is 1. The summed E-state index contributed by atoms with van der Waals surface area (Å²) < 4.78 is 56.1. The number of hydrogen-bond donors (Lipinski definition) is 3. The van der Waals surface area contributed by atoms with Gasteiger partial charge >= 0.3 is 0 Å². The zero-order valence-electron chi connectivity index (χ0n) is 17.1. The number of carbonyl (C=O) groups is 1. The van der Waals surface area contributed by atoms with Gasteiger partial charge in [-0.1, -0.05) is 23.7 Å². The molecule has 0 unspecified atom stereocenters. The summed E-state index contributed by atoms with van der Waals surface area (Å²) in [4.78, 5) is 11.1. The van der Waals surface area contributed by atoms with E-state index in [4.69, 9.17) is 11.6 Å². The molecule has 0 saturated carbocycles. The van der Waals surface area contributed by atoms with E-state index in [0.717, 1.165) is 0 Å². The molecule has 168 valence electrons. The monoisotopic (exact) mass is 493 g/mol. The quantitative estimate of drug-likeness (QED) is 0.455. The highest BCUT2D eigenvalue weighted by Gasteiger charge is 2.20. The van der Waals surface area contributed by atoms with Crippen molar-refractivity contribution >= 4 is 54.6 Å². The van der Waals surface area contributed by atoms with Crippen LogP contribution in [0.3, 0.4) is 0 Å². The Morgan fingerprint density at radius 2 is 1.41 bits per heavy atom. The minimum absolute atomic E-state index is 0.0451. The van der Waals surface area contributed by atoms with Gasteiger partial charge in [-0.2, -0.15) is 0 Å². The minimum Gasteiger partial charge on any atom is -0.326 e. The molecule has 3 rings (SSSR count). The van der Waals surface area contributed by atoms with Crippen LogP contribution in [0.25, 0.3) is 0 Å². The molecule has 3 aromatic rings. The lowest BCUT2D eigenvalue weighted by molar-refractivity contribution is -0.114. The molecule has 0 heterocycles. The standard InChI is InChI=1S/C21H20ClN3O5S2/c1-14-6-9-18(23-15(2)26)13-21(14)32(29,30)25-19-4-3-5-20(12-19)31(27,28)24-17-10-7-16(22)8-11-17/h3-13,24-25H,1-2H3,(H,23,26). The fourth-order valence-electron chi connectivity index (χ4n) is 2.84. The van der Waals surface area contributed by atoms with Crippen molar-refractivity contribution in [1.82, 2.24) is 0 Å². The van der Waals surface area contributed by atoms with Crippen molar-refractivity contribution in [2.45, 2.75) is 23.6 Å². The summed E-state index contributed by atoms with van der Waals surface area (Å²) in [6, 6.07) is 16.0. The van der Waals surface area contributed by atoms with Crippen molar-refractivity contribution in [3.63, 3.8) is 0 Å². The molecule has 0 aliphatic carbocycles. The Bertz CT molecular complexity index is 1370. The van der Waals surface area contributed by atoms with E-state index in [1.54, 1.807) is 31.2 Å². The maximum absolute atomic E-state index is 12.9. The van der Waals surface area contributed by atoms with E-state index in [0.29, 0.717) is 22.0 Å². The average molecular weight is 494 g/mol. The van der Waals surface area contributed by atoms with Crippen LogP contribution in [0.2, 0.25) is 5.02 Å². The van der Waals surface area contributed by atoms with Crippen molar-refractivity contribution < 1.29 is 21.6 Å². The van der Waals surface area contributed by atoms with E-state index in [-0.39, 0.29) is 21.4 Å². The van der Waals surface area contributed by atoms with E-state index in [1.165, 1.54) is 49.4 Å². The van der Waals surface area contributed by atoms with Crippen LogP contribution in [0.4, 0.5) is 17.1 Å². The lowest BCUT2D eigenvalue weighted by Gasteiger charge is -2.13. The van der Waals surface area contributed by atoms with Crippen LogP contribution in [-0.4, -0.2) is 22.7 Å². The number of halogens is 1. The fraction of sp³-hybridized carbons (Fsp3) is 0.0952. The van der Waals surface area contributed by atoms with Gasteiger partial charge in [-0.15, -0.1) is 0 Å². The SMILES string of the molecule is CC(=O)Nc1ccc(C)c(S(=O)(=O)Nc2cccc(S(=O)(=O)Nc3ccc(Cl)cc3)c2)c1. The first kappa shape index (κ1) is 23.6. The normalized spacial score (nSPS) is 11.6. The number of hydrogen-bond acceptors (Lipinski definition) is 5.